The summed E-state index contributed by atoms with van der Waals surface area (Å²) in [5.74, 6) is -0.144. The Balaban J connectivity index is 1.81. The minimum absolute atomic E-state index is 0.0490. The number of Topliss-reactive ketones (excluding diaryl/α,β-unsaturated/α-hetero) is 1. The van der Waals surface area contributed by atoms with Crippen molar-refractivity contribution in [3.05, 3.63) is 96.1 Å². The molecule has 1 aliphatic heterocycles. The van der Waals surface area contributed by atoms with Crippen molar-refractivity contribution in [1.82, 2.24) is 0 Å². The molecule has 0 saturated heterocycles. The number of amides is 2. The number of para-hydroxylation sites is 1. The van der Waals surface area contributed by atoms with Crippen LogP contribution in [0.3, 0.4) is 0 Å². The van der Waals surface area contributed by atoms with Crippen LogP contribution in [0.2, 0.25) is 0 Å². The van der Waals surface area contributed by atoms with E-state index in [4.69, 9.17) is 0 Å². The summed E-state index contributed by atoms with van der Waals surface area (Å²) in [6.45, 7) is 5.36. The number of hydrogen-bond acceptors (Lipinski definition) is 4. The van der Waals surface area contributed by atoms with Gasteiger partial charge in [-0.15, -0.1) is 0 Å². The first-order valence-electron chi connectivity index (χ1n) is 9.61. The molecule has 0 unspecified atom stereocenters. The average molecular weight is 433 g/mol. The molecule has 6 nitrogen and oxygen atoms in total. The highest BCUT2D eigenvalue weighted by Crippen LogP contribution is 2.38. The number of carbonyl (C=O) groups excluding carboxylic acids is 2. The van der Waals surface area contributed by atoms with E-state index in [9.17, 15) is 18.0 Å². The number of carbonyl (C=O) groups is 2. The standard InChI is InChI=1S/C24H20N2O4S/c1-3-18-8-10-19(11-9-18)16-25-22-6-4-5-7-23(22)31(29,30)26(24(25)28)21-14-12-20(13-15-21)17(2)27/h3-15H,1,16H2,2H3. The number of fused-ring (bicyclic) bond motifs is 1. The van der Waals surface area contributed by atoms with Crippen LogP contribution in [-0.2, 0) is 16.6 Å². The third-order valence-corrected chi connectivity index (χ3v) is 6.89. The minimum atomic E-state index is -4.11. The van der Waals surface area contributed by atoms with E-state index in [1.807, 2.05) is 24.3 Å². The maximum atomic E-state index is 13.4. The fourth-order valence-corrected chi connectivity index (χ4v) is 5.08. The Morgan fingerprint density at radius 2 is 1.61 bits per heavy atom. The summed E-state index contributed by atoms with van der Waals surface area (Å²) < 4.78 is 27.4. The predicted octanol–water partition coefficient (Wildman–Crippen LogP) is 4.87. The maximum Gasteiger partial charge on any atom is 0.343 e. The van der Waals surface area contributed by atoms with Crippen molar-refractivity contribution < 1.29 is 18.0 Å². The van der Waals surface area contributed by atoms with Crippen molar-refractivity contribution >= 4 is 39.3 Å². The topological polar surface area (TPSA) is 74.8 Å². The maximum absolute atomic E-state index is 13.4. The average Bonchev–Trinajstić information content (AvgIpc) is 2.77. The molecule has 0 aromatic heterocycles. The summed E-state index contributed by atoms with van der Waals surface area (Å²) in [5, 5.41) is 0. The Labute approximate surface area is 181 Å². The summed E-state index contributed by atoms with van der Waals surface area (Å²) in [6, 6.07) is 19.3. The zero-order valence-corrected chi connectivity index (χ0v) is 17.7. The molecule has 0 spiro atoms. The van der Waals surface area contributed by atoms with Gasteiger partial charge in [-0.05, 0) is 54.4 Å². The van der Waals surface area contributed by atoms with Gasteiger partial charge in [0.1, 0.15) is 4.90 Å². The number of nitrogens with zero attached hydrogens (tertiary/aromatic N) is 2. The van der Waals surface area contributed by atoms with Crippen molar-refractivity contribution in [1.29, 1.82) is 0 Å². The molecule has 3 aromatic carbocycles. The molecule has 156 valence electrons. The lowest BCUT2D eigenvalue weighted by atomic mass is 10.1. The third-order valence-electron chi connectivity index (χ3n) is 5.14. The highest BCUT2D eigenvalue weighted by molar-refractivity contribution is 7.94. The van der Waals surface area contributed by atoms with Gasteiger partial charge in [0.25, 0.3) is 10.0 Å². The number of rotatable bonds is 5. The van der Waals surface area contributed by atoms with E-state index in [0.29, 0.717) is 11.3 Å². The molecule has 0 aliphatic carbocycles. The van der Waals surface area contributed by atoms with Gasteiger partial charge >= 0.3 is 6.03 Å². The largest absolute Gasteiger partial charge is 0.343 e. The van der Waals surface area contributed by atoms with E-state index in [-0.39, 0.29) is 22.9 Å². The first kappa shape index (κ1) is 20.6. The van der Waals surface area contributed by atoms with Crippen molar-refractivity contribution in [2.45, 2.75) is 18.4 Å². The van der Waals surface area contributed by atoms with Crippen LogP contribution in [0.5, 0.6) is 0 Å². The van der Waals surface area contributed by atoms with E-state index in [0.717, 1.165) is 15.4 Å². The van der Waals surface area contributed by atoms with Crippen molar-refractivity contribution in [2.75, 3.05) is 9.21 Å². The molecule has 31 heavy (non-hydrogen) atoms. The molecule has 0 radical (unpaired) electrons. The summed E-state index contributed by atoms with van der Waals surface area (Å²) in [4.78, 5) is 26.5. The van der Waals surface area contributed by atoms with Gasteiger partial charge in [-0.2, -0.15) is 4.31 Å². The first-order valence-corrected chi connectivity index (χ1v) is 11.0. The number of ketones is 1. The van der Waals surface area contributed by atoms with E-state index < -0.39 is 16.1 Å². The Morgan fingerprint density at radius 3 is 2.23 bits per heavy atom. The van der Waals surface area contributed by atoms with Crippen LogP contribution in [0.4, 0.5) is 16.2 Å². The Hall–Kier alpha value is -3.71. The second kappa shape index (κ2) is 7.85. The van der Waals surface area contributed by atoms with Gasteiger partial charge in [-0.3, -0.25) is 9.69 Å². The molecular weight excluding hydrogens is 412 g/mol. The predicted molar refractivity (Wildman–Crippen MR) is 121 cm³/mol. The SMILES string of the molecule is C=Cc1ccc(CN2C(=O)N(c3ccc(C(C)=O)cc3)S(=O)(=O)c3ccccc32)cc1. The van der Waals surface area contributed by atoms with Gasteiger partial charge in [0.15, 0.2) is 5.78 Å². The summed E-state index contributed by atoms with van der Waals surface area (Å²) in [5.41, 5.74) is 2.74. The molecule has 0 fully saturated rings. The molecule has 1 heterocycles. The lowest BCUT2D eigenvalue weighted by Gasteiger charge is -2.36. The van der Waals surface area contributed by atoms with Gasteiger partial charge in [-0.1, -0.05) is 49.1 Å². The van der Waals surface area contributed by atoms with E-state index in [1.54, 1.807) is 24.3 Å². The van der Waals surface area contributed by atoms with Crippen molar-refractivity contribution in [2.24, 2.45) is 0 Å². The minimum Gasteiger partial charge on any atom is -0.295 e. The lowest BCUT2D eigenvalue weighted by molar-refractivity contribution is 0.101. The molecule has 1 aliphatic rings. The normalized spacial score (nSPS) is 14.8. The Morgan fingerprint density at radius 1 is 0.968 bits per heavy atom. The molecule has 0 saturated carbocycles. The number of urea groups is 1. The molecule has 7 heteroatoms. The van der Waals surface area contributed by atoms with Crippen molar-refractivity contribution in [3.8, 4) is 0 Å². The lowest BCUT2D eigenvalue weighted by Crippen LogP contribution is -2.50. The van der Waals surface area contributed by atoms with Crippen molar-refractivity contribution in [3.63, 3.8) is 0 Å². The van der Waals surface area contributed by atoms with Crippen LogP contribution < -0.4 is 9.21 Å². The number of hydrogen-bond donors (Lipinski definition) is 0. The van der Waals surface area contributed by atoms with E-state index in [2.05, 4.69) is 6.58 Å². The van der Waals surface area contributed by atoms with Gasteiger partial charge in [0.05, 0.1) is 17.9 Å². The second-order valence-corrected chi connectivity index (χ2v) is 8.91. The number of anilines is 2. The summed E-state index contributed by atoms with van der Waals surface area (Å²) >= 11 is 0. The molecule has 0 bridgehead atoms. The number of benzene rings is 3. The van der Waals surface area contributed by atoms with E-state index >= 15 is 0 Å². The quantitative estimate of drug-likeness (QED) is 0.539. The smallest absolute Gasteiger partial charge is 0.295 e. The van der Waals surface area contributed by atoms with Gasteiger partial charge < -0.3 is 0 Å². The van der Waals surface area contributed by atoms with Gasteiger partial charge in [0, 0.05) is 5.56 Å². The fraction of sp³-hybridized carbons (Fsp3) is 0.0833. The third kappa shape index (κ3) is 3.64. The molecule has 0 atom stereocenters. The zero-order chi connectivity index (χ0) is 22.2. The van der Waals surface area contributed by atoms with Crippen LogP contribution in [-0.4, -0.2) is 20.2 Å². The Kier molecular flexibility index (Phi) is 5.20. The fourth-order valence-electron chi connectivity index (χ4n) is 3.49. The van der Waals surface area contributed by atoms with Crippen LogP contribution in [0, 0.1) is 0 Å². The van der Waals surface area contributed by atoms with Gasteiger partial charge in [0.2, 0.25) is 0 Å². The highest BCUT2D eigenvalue weighted by Gasteiger charge is 2.42. The van der Waals surface area contributed by atoms with Gasteiger partial charge in [-0.25, -0.2) is 13.2 Å². The zero-order valence-electron chi connectivity index (χ0n) is 16.9. The van der Waals surface area contributed by atoms with Crippen LogP contribution >= 0.6 is 0 Å². The van der Waals surface area contributed by atoms with Crippen LogP contribution in [0.15, 0.2) is 84.3 Å². The summed E-state index contributed by atoms with van der Waals surface area (Å²) in [6.07, 6.45) is 1.73. The molecule has 2 amide bonds. The first-order chi connectivity index (χ1) is 14.8. The molecule has 0 N–H and O–H groups in total. The monoisotopic (exact) mass is 432 g/mol. The highest BCUT2D eigenvalue weighted by atomic mass is 32.2. The molecule has 3 aromatic rings. The Bertz CT molecular complexity index is 1280. The molecular formula is C24H20N2O4S. The molecule has 4 rings (SSSR count). The van der Waals surface area contributed by atoms with Crippen LogP contribution in [0.1, 0.15) is 28.4 Å². The van der Waals surface area contributed by atoms with Crippen LogP contribution in [0.25, 0.3) is 6.08 Å². The number of sulfonamides is 1. The second-order valence-electron chi connectivity index (χ2n) is 7.15. The van der Waals surface area contributed by atoms with E-state index in [1.165, 1.54) is 42.2 Å². The summed E-state index contributed by atoms with van der Waals surface area (Å²) in [7, 11) is -4.11.